The van der Waals surface area contributed by atoms with Crippen LogP contribution in [0.2, 0.25) is 0 Å². The van der Waals surface area contributed by atoms with Crippen LogP contribution < -0.4 is 10.5 Å². The molecule has 0 aromatic heterocycles. The maximum atomic E-state index is 12.5. The molecule has 3 unspecified atom stereocenters. The van der Waals surface area contributed by atoms with Gasteiger partial charge in [-0.3, -0.25) is 4.79 Å². The lowest BCUT2D eigenvalue weighted by atomic mass is 10.0. The Kier molecular flexibility index (Phi) is 4.23. The van der Waals surface area contributed by atoms with Crippen LogP contribution in [0.4, 0.5) is 13.2 Å². The summed E-state index contributed by atoms with van der Waals surface area (Å²) in [5.41, 5.74) is 6.33. The topological polar surface area (TPSA) is 55.6 Å². The predicted octanol–water partition coefficient (Wildman–Crippen LogP) is 2.64. The first kappa shape index (κ1) is 16.1. The number of ether oxygens (including phenoxy) is 1. The largest absolute Gasteiger partial charge is 0.573 e. The highest BCUT2D eigenvalue weighted by atomic mass is 19.4. The van der Waals surface area contributed by atoms with Gasteiger partial charge in [-0.05, 0) is 36.8 Å². The zero-order valence-corrected chi connectivity index (χ0v) is 12.6. The summed E-state index contributed by atoms with van der Waals surface area (Å²) in [6.45, 7) is 1.21. The van der Waals surface area contributed by atoms with Crippen LogP contribution >= 0.6 is 0 Å². The normalized spacial score (nSPS) is 27.7. The summed E-state index contributed by atoms with van der Waals surface area (Å²) in [6.07, 6.45) is -2.40. The van der Waals surface area contributed by atoms with E-state index in [0.717, 1.165) is 12.8 Å². The number of hydrogen-bond donors (Lipinski definition) is 1. The number of carbonyl (C=O) groups excluding carboxylic acids is 1. The van der Waals surface area contributed by atoms with Crippen molar-refractivity contribution in [1.82, 2.24) is 4.90 Å². The fourth-order valence-electron chi connectivity index (χ4n) is 3.26. The van der Waals surface area contributed by atoms with E-state index in [9.17, 15) is 18.0 Å². The molecule has 7 heteroatoms. The SMILES string of the molecule is NC1CCCN(C(=O)C2CC2c2ccccc2OC(F)(F)F)C1. The van der Waals surface area contributed by atoms with Crippen molar-refractivity contribution in [2.45, 2.75) is 37.6 Å². The van der Waals surface area contributed by atoms with Crippen molar-refractivity contribution in [3.05, 3.63) is 29.8 Å². The minimum Gasteiger partial charge on any atom is -0.405 e. The van der Waals surface area contributed by atoms with Crippen LogP contribution in [0.1, 0.15) is 30.7 Å². The molecule has 3 atom stereocenters. The van der Waals surface area contributed by atoms with Crippen LogP contribution in [0.25, 0.3) is 0 Å². The van der Waals surface area contributed by atoms with Crippen molar-refractivity contribution in [2.75, 3.05) is 13.1 Å². The Morgan fingerprint density at radius 3 is 2.74 bits per heavy atom. The van der Waals surface area contributed by atoms with Gasteiger partial charge in [-0.2, -0.15) is 0 Å². The lowest BCUT2D eigenvalue weighted by molar-refractivity contribution is -0.274. The molecule has 2 aliphatic rings. The number of nitrogens with zero attached hydrogens (tertiary/aromatic N) is 1. The van der Waals surface area contributed by atoms with E-state index in [1.165, 1.54) is 12.1 Å². The Morgan fingerprint density at radius 2 is 2.04 bits per heavy atom. The number of nitrogens with two attached hydrogens (primary N) is 1. The van der Waals surface area contributed by atoms with Crippen LogP contribution in [0.5, 0.6) is 5.75 Å². The highest BCUT2D eigenvalue weighted by molar-refractivity contribution is 5.83. The van der Waals surface area contributed by atoms with Crippen LogP contribution in [-0.2, 0) is 4.79 Å². The molecule has 0 bridgehead atoms. The molecule has 2 fully saturated rings. The van der Waals surface area contributed by atoms with Gasteiger partial charge in [-0.1, -0.05) is 18.2 Å². The van der Waals surface area contributed by atoms with Gasteiger partial charge in [0.1, 0.15) is 5.75 Å². The van der Waals surface area contributed by atoms with Crippen molar-refractivity contribution in [3.63, 3.8) is 0 Å². The summed E-state index contributed by atoms with van der Waals surface area (Å²) in [5, 5.41) is 0. The number of benzene rings is 1. The molecule has 1 saturated heterocycles. The summed E-state index contributed by atoms with van der Waals surface area (Å²) in [7, 11) is 0. The van der Waals surface area contributed by atoms with Gasteiger partial charge in [-0.15, -0.1) is 13.2 Å². The number of hydrogen-bond acceptors (Lipinski definition) is 3. The van der Waals surface area contributed by atoms with Gasteiger partial charge in [0, 0.05) is 25.0 Å². The smallest absolute Gasteiger partial charge is 0.405 e. The summed E-state index contributed by atoms with van der Waals surface area (Å²) >= 11 is 0. The van der Waals surface area contributed by atoms with Gasteiger partial charge < -0.3 is 15.4 Å². The summed E-state index contributed by atoms with van der Waals surface area (Å²) < 4.78 is 41.5. The molecule has 1 aliphatic heterocycles. The van der Waals surface area contributed by atoms with Crippen LogP contribution in [0, 0.1) is 5.92 Å². The molecule has 2 N–H and O–H groups in total. The van der Waals surface area contributed by atoms with E-state index in [0.29, 0.717) is 25.1 Å². The first-order valence-corrected chi connectivity index (χ1v) is 7.74. The Labute approximate surface area is 132 Å². The van der Waals surface area contributed by atoms with Crippen molar-refractivity contribution in [3.8, 4) is 5.75 Å². The molecule has 0 radical (unpaired) electrons. The molecule has 1 amide bonds. The van der Waals surface area contributed by atoms with Crippen molar-refractivity contribution < 1.29 is 22.7 Å². The van der Waals surface area contributed by atoms with Crippen LogP contribution in [0.3, 0.4) is 0 Å². The number of likely N-dealkylation sites (tertiary alicyclic amines) is 1. The highest BCUT2D eigenvalue weighted by Crippen LogP contribution is 2.51. The monoisotopic (exact) mass is 328 g/mol. The fraction of sp³-hybridized carbons (Fsp3) is 0.562. The third-order valence-corrected chi connectivity index (χ3v) is 4.42. The van der Waals surface area contributed by atoms with Crippen molar-refractivity contribution in [2.24, 2.45) is 11.7 Å². The van der Waals surface area contributed by atoms with E-state index in [2.05, 4.69) is 4.74 Å². The first-order chi connectivity index (χ1) is 10.8. The van der Waals surface area contributed by atoms with Gasteiger partial charge in [-0.25, -0.2) is 0 Å². The van der Waals surface area contributed by atoms with E-state index in [-0.39, 0.29) is 29.5 Å². The molecular formula is C16H19F3N2O2. The lowest BCUT2D eigenvalue weighted by Gasteiger charge is -2.31. The van der Waals surface area contributed by atoms with E-state index in [1.807, 2.05) is 0 Å². The molecule has 0 spiro atoms. The average Bonchev–Trinajstić information content (AvgIpc) is 3.25. The van der Waals surface area contributed by atoms with Crippen molar-refractivity contribution in [1.29, 1.82) is 0 Å². The quantitative estimate of drug-likeness (QED) is 0.928. The summed E-state index contributed by atoms with van der Waals surface area (Å²) in [4.78, 5) is 14.2. The molecule has 23 heavy (non-hydrogen) atoms. The molecule has 1 aromatic rings. The Bertz CT molecular complexity index is 591. The molecule has 1 heterocycles. The number of para-hydroxylation sites is 1. The van der Waals surface area contributed by atoms with Crippen LogP contribution in [0.15, 0.2) is 24.3 Å². The van der Waals surface area contributed by atoms with E-state index >= 15 is 0 Å². The summed E-state index contributed by atoms with van der Waals surface area (Å²) in [6, 6.07) is 6.04. The molecule has 4 nitrogen and oxygen atoms in total. The first-order valence-electron chi connectivity index (χ1n) is 7.74. The van der Waals surface area contributed by atoms with Crippen molar-refractivity contribution >= 4 is 5.91 Å². The lowest BCUT2D eigenvalue weighted by Crippen LogP contribution is -2.46. The zero-order valence-electron chi connectivity index (χ0n) is 12.6. The van der Waals surface area contributed by atoms with E-state index < -0.39 is 6.36 Å². The van der Waals surface area contributed by atoms with Gasteiger partial charge in [0.2, 0.25) is 5.91 Å². The molecule has 3 rings (SSSR count). The predicted molar refractivity (Wildman–Crippen MR) is 77.8 cm³/mol. The standard InChI is InChI=1S/C16H19F3N2O2/c17-16(18,19)23-14-6-2-1-5-11(14)12-8-13(12)15(22)21-7-3-4-10(20)9-21/h1-2,5-6,10,12-13H,3-4,7-9,20H2. The number of halogens is 3. The van der Waals surface area contributed by atoms with Gasteiger partial charge >= 0.3 is 6.36 Å². The van der Waals surface area contributed by atoms with Gasteiger partial charge in [0.25, 0.3) is 0 Å². The Hall–Kier alpha value is -1.76. The minimum absolute atomic E-state index is 0.00744. The van der Waals surface area contributed by atoms with Gasteiger partial charge in [0.05, 0.1) is 0 Å². The number of alkyl halides is 3. The number of piperidine rings is 1. The second kappa shape index (κ2) is 6.03. The number of amides is 1. The van der Waals surface area contributed by atoms with Gasteiger partial charge in [0.15, 0.2) is 0 Å². The fourth-order valence-corrected chi connectivity index (χ4v) is 3.26. The third kappa shape index (κ3) is 3.77. The number of carbonyl (C=O) groups is 1. The van der Waals surface area contributed by atoms with Crippen LogP contribution in [-0.4, -0.2) is 36.3 Å². The summed E-state index contributed by atoms with van der Waals surface area (Å²) in [5.74, 6) is -0.694. The second-order valence-electron chi connectivity index (χ2n) is 6.22. The minimum atomic E-state index is -4.73. The third-order valence-electron chi connectivity index (χ3n) is 4.42. The molecule has 1 aliphatic carbocycles. The highest BCUT2D eigenvalue weighted by Gasteiger charge is 2.48. The average molecular weight is 328 g/mol. The zero-order chi connectivity index (χ0) is 16.6. The molecule has 1 saturated carbocycles. The molecular weight excluding hydrogens is 309 g/mol. The molecule has 1 aromatic carbocycles. The maximum Gasteiger partial charge on any atom is 0.573 e. The maximum absolute atomic E-state index is 12.5. The van der Waals surface area contributed by atoms with E-state index in [1.54, 1.807) is 17.0 Å². The second-order valence-corrected chi connectivity index (χ2v) is 6.22. The molecule has 126 valence electrons. The Balaban J connectivity index is 1.69. The van der Waals surface area contributed by atoms with E-state index in [4.69, 9.17) is 5.73 Å². The Morgan fingerprint density at radius 1 is 1.30 bits per heavy atom. The number of rotatable bonds is 3.